The van der Waals surface area contributed by atoms with Crippen LogP contribution in [-0.2, 0) is 4.79 Å². The third-order valence-corrected chi connectivity index (χ3v) is 4.71. The van der Waals surface area contributed by atoms with Gasteiger partial charge in [0, 0.05) is 11.4 Å². The van der Waals surface area contributed by atoms with Gasteiger partial charge in [-0.1, -0.05) is 31.7 Å². The average Bonchev–Trinajstić information content (AvgIpc) is 2.85. The lowest BCUT2D eigenvalue weighted by atomic mass is 9.94. The summed E-state index contributed by atoms with van der Waals surface area (Å²) in [5, 5.41) is 15.2. The monoisotopic (exact) mass is 282 g/mol. The molecule has 106 valence electrons. The summed E-state index contributed by atoms with van der Waals surface area (Å²) in [5.74, 6) is -0.208. The quantitative estimate of drug-likeness (QED) is 0.739. The Balaban J connectivity index is 1.85. The Kier molecular flexibility index (Phi) is 4.96. The number of amides is 1. The first-order chi connectivity index (χ1) is 9.11. The summed E-state index contributed by atoms with van der Waals surface area (Å²) in [6.07, 6.45) is 5.94. The van der Waals surface area contributed by atoms with Crippen LogP contribution < -0.4 is 11.1 Å². The van der Waals surface area contributed by atoms with E-state index in [4.69, 9.17) is 5.73 Å². The predicted molar refractivity (Wildman–Crippen MR) is 76.9 cm³/mol. The smallest absolute Gasteiger partial charge is 0.242 e. The lowest BCUT2D eigenvalue weighted by molar-refractivity contribution is -0.123. The Labute approximate surface area is 118 Å². The van der Waals surface area contributed by atoms with E-state index < -0.39 is 11.6 Å². The van der Waals surface area contributed by atoms with Crippen LogP contribution >= 0.6 is 11.3 Å². The Morgan fingerprint density at radius 3 is 2.68 bits per heavy atom. The van der Waals surface area contributed by atoms with Crippen molar-refractivity contribution in [2.45, 2.75) is 50.2 Å². The summed E-state index contributed by atoms with van der Waals surface area (Å²) in [6.45, 7) is 0.310. The number of aliphatic hydroxyl groups is 1. The van der Waals surface area contributed by atoms with E-state index in [1.165, 1.54) is 24.2 Å². The number of rotatable bonds is 4. The molecule has 1 aromatic heterocycles. The number of hydrogen-bond acceptors (Lipinski definition) is 4. The molecule has 19 heavy (non-hydrogen) atoms. The van der Waals surface area contributed by atoms with Crippen LogP contribution in [0.25, 0.3) is 0 Å². The van der Waals surface area contributed by atoms with Crippen molar-refractivity contribution in [1.29, 1.82) is 0 Å². The molecule has 1 aliphatic rings. The van der Waals surface area contributed by atoms with E-state index in [0.717, 1.165) is 30.6 Å². The van der Waals surface area contributed by atoms with Gasteiger partial charge in [0.15, 0.2) is 0 Å². The van der Waals surface area contributed by atoms with Crippen LogP contribution in [-0.4, -0.2) is 23.2 Å². The van der Waals surface area contributed by atoms with Gasteiger partial charge in [-0.3, -0.25) is 4.79 Å². The van der Waals surface area contributed by atoms with Gasteiger partial charge >= 0.3 is 0 Å². The highest BCUT2D eigenvalue weighted by Crippen LogP contribution is 2.26. The molecule has 1 aromatic rings. The fourth-order valence-corrected chi connectivity index (χ4v) is 3.25. The first-order valence-corrected chi connectivity index (χ1v) is 7.78. The zero-order chi connectivity index (χ0) is 13.7. The van der Waals surface area contributed by atoms with Crippen molar-refractivity contribution in [2.75, 3.05) is 6.54 Å². The van der Waals surface area contributed by atoms with Crippen molar-refractivity contribution >= 4 is 17.2 Å². The number of hydrogen-bond donors (Lipinski definition) is 3. The van der Waals surface area contributed by atoms with Gasteiger partial charge in [-0.25, -0.2) is 0 Å². The predicted octanol–water partition coefficient (Wildman–Crippen LogP) is 1.95. The molecule has 4 N–H and O–H groups in total. The fraction of sp³-hybridized carbons (Fsp3) is 0.643. The molecule has 0 spiro atoms. The van der Waals surface area contributed by atoms with Crippen LogP contribution in [0.2, 0.25) is 0 Å². The van der Waals surface area contributed by atoms with Gasteiger partial charge in [-0.2, -0.15) is 0 Å². The van der Waals surface area contributed by atoms with Crippen molar-refractivity contribution < 1.29 is 9.90 Å². The van der Waals surface area contributed by atoms with Crippen LogP contribution in [0.4, 0.5) is 0 Å². The standard InChI is InChI=1S/C14H22N2O2S/c15-12(11-6-5-9-19-11)13(17)16-10-14(18)7-3-1-2-4-8-14/h5-6,9,12,18H,1-4,7-8,10,15H2,(H,16,17). The summed E-state index contributed by atoms with van der Waals surface area (Å²) in [7, 11) is 0. The Morgan fingerprint density at radius 2 is 2.11 bits per heavy atom. The van der Waals surface area contributed by atoms with Gasteiger partial charge in [0.05, 0.1) is 5.60 Å². The molecule has 0 saturated heterocycles. The molecule has 1 amide bonds. The lowest BCUT2D eigenvalue weighted by Gasteiger charge is -2.27. The summed E-state index contributed by atoms with van der Waals surface area (Å²) in [6, 6.07) is 3.11. The van der Waals surface area contributed by atoms with Crippen molar-refractivity contribution in [3.8, 4) is 0 Å². The maximum absolute atomic E-state index is 12.0. The zero-order valence-corrected chi connectivity index (χ0v) is 11.9. The Morgan fingerprint density at radius 1 is 1.42 bits per heavy atom. The first-order valence-electron chi connectivity index (χ1n) is 6.90. The SMILES string of the molecule is NC(C(=O)NCC1(O)CCCCCC1)c1cccs1. The minimum absolute atomic E-state index is 0.208. The second-order valence-corrected chi connectivity index (χ2v) is 6.33. The van der Waals surface area contributed by atoms with Gasteiger partial charge < -0.3 is 16.2 Å². The van der Waals surface area contributed by atoms with E-state index in [1.54, 1.807) is 0 Å². The third-order valence-electron chi connectivity index (χ3n) is 3.76. The zero-order valence-electron chi connectivity index (χ0n) is 11.1. The number of thiophene rings is 1. The molecule has 1 atom stereocenters. The van der Waals surface area contributed by atoms with Crippen molar-refractivity contribution in [3.05, 3.63) is 22.4 Å². The van der Waals surface area contributed by atoms with E-state index >= 15 is 0 Å². The van der Waals surface area contributed by atoms with Crippen LogP contribution in [0.5, 0.6) is 0 Å². The molecule has 1 unspecified atom stereocenters. The van der Waals surface area contributed by atoms with Gasteiger partial charge in [0.1, 0.15) is 6.04 Å². The minimum Gasteiger partial charge on any atom is -0.388 e. The maximum atomic E-state index is 12.0. The molecule has 0 aromatic carbocycles. The molecule has 2 rings (SSSR count). The van der Waals surface area contributed by atoms with Crippen molar-refractivity contribution in [2.24, 2.45) is 5.73 Å². The molecule has 0 bridgehead atoms. The molecule has 5 heteroatoms. The largest absolute Gasteiger partial charge is 0.388 e. The second kappa shape index (κ2) is 6.50. The first kappa shape index (κ1) is 14.5. The summed E-state index contributed by atoms with van der Waals surface area (Å²) < 4.78 is 0. The van der Waals surface area contributed by atoms with E-state index in [9.17, 15) is 9.90 Å². The van der Waals surface area contributed by atoms with E-state index in [1.807, 2.05) is 17.5 Å². The molecule has 1 aliphatic carbocycles. The summed E-state index contributed by atoms with van der Waals surface area (Å²) in [4.78, 5) is 12.8. The number of carbonyl (C=O) groups excluding carboxylic acids is 1. The summed E-state index contributed by atoms with van der Waals surface area (Å²) in [5.41, 5.74) is 5.14. The van der Waals surface area contributed by atoms with Crippen LogP contribution in [0, 0.1) is 0 Å². The third kappa shape index (κ3) is 4.03. The van der Waals surface area contributed by atoms with Gasteiger partial charge in [-0.15, -0.1) is 11.3 Å². The molecule has 0 radical (unpaired) electrons. The van der Waals surface area contributed by atoms with Crippen LogP contribution in [0.1, 0.15) is 49.4 Å². The number of nitrogens with two attached hydrogens (primary N) is 1. The molecule has 1 saturated carbocycles. The second-order valence-electron chi connectivity index (χ2n) is 5.35. The number of carbonyl (C=O) groups is 1. The maximum Gasteiger partial charge on any atom is 0.242 e. The van der Waals surface area contributed by atoms with Gasteiger partial charge in [-0.05, 0) is 24.3 Å². The molecular formula is C14H22N2O2S. The molecule has 1 heterocycles. The van der Waals surface area contributed by atoms with Crippen molar-refractivity contribution in [1.82, 2.24) is 5.32 Å². The normalized spacial score (nSPS) is 20.5. The highest BCUT2D eigenvalue weighted by Gasteiger charge is 2.29. The van der Waals surface area contributed by atoms with Crippen LogP contribution in [0.3, 0.4) is 0 Å². The Hall–Kier alpha value is -0.910. The molecular weight excluding hydrogens is 260 g/mol. The molecule has 1 fully saturated rings. The highest BCUT2D eigenvalue weighted by molar-refractivity contribution is 7.10. The average molecular weight is 282 g/mol. The van der Waals surface area contributed by atoms with E-state index in [2.05, 4.69) is 5.32 Å². The van der Waals surface area contributed by atoms with Crippen LogP contribution in [0.15, 0.2) is 17.5 Å². The topological polar surface area (TPSA) is 75.4 Å². The fourth-order valence-electron chi connectivity index (χ4n) is 2.52. The summed E-state index contributed by atoms with van der Waals surface area (Å²) >= 11 is 1.47. The highest BCUT2D eigenvalue weighted by atomic mass is 32.1. The molecule has 4 nitrogen and oxygen atoms in total. The number of nitrogens with one attached hydrogen (secondary N) is 1. The van der Waals surface area contributed by atoms with E-state index in [-0.39, 0.29) is 5.91 Å². The van der Waals surface area contributed by atoms with Gasteiger partial charge in [0.25, 0.3) is 0 Å². The van der Waals surface area contributed by atoms with Crippen molar-refractivity contribution in [3.63, 3.8) is 0 Å². The molecule has 0 aliphatic heterocycles. The van der Waals surface area contributed by atoms with Gasteiger partial charge in [0.2, 0.25) is 5.91 Å². The minimum atomic E-state index is -0.749. The van der Waals surface area contributed by atoms with E-state index in [0.29, 0.717) is 6.54 Å². The Bertz CT molecular complexity index is 398. The lowest BCUT2D eigenvalue weighted by Crippen LogP contribution is -2.45.